The second-order valence-electron chi connectivity index (χ2n) is 40.1. The Morgan fingerprint density at radius 3 is 0.911 bits per heavy atom. The molecule has 3 N–H and O–H groups in total. The average molecular weight is 2100 g/mol. The fraction of sp³-hybridized carbons (Fsp3) is 0.455. The number of hydrogen-bond donors (Lipinski definition) is 3. The number of likely N-dealkylation sites (tertiary alicyclic amines) is 6. The molecule has 21 rings (SSSR count). The molecule has 12 atom stereocenters. The van der Waals surface area contributed by atoms with Gasteiger partial charge in [-0.15, -0.1) is 0 Å². The monoisotopic (exact) mass is 2100 g/mol. The van der Waals surface area contributed by atoms with Crippen LogP contribution in [0, 0.1) is 118 Å². The van der Waals surface area contributed by atoms with Crippen molar-refractivity contribution in [3.8, 4) is 71.0 Å². The zero-order chi connectivity index (χ0) is 103. The molecule has 9 amide bonds. The predicted octanol–water partition coefficient (Wildman–Crippen LogP) is 20.4. The summed E-state index contributed by atoms with van der Waals surface area (Å²) in [5.41, 5.74) is 8.72. The van der Waals surface area contributed by atoms with Crippen molar-refractivity contribution in [1.29, 1.82) is 0 Å². The van der Waals surface area contributed by atoms with Gasteiger partial charge in [0, 0.05) is 120 Å². The zero-order valence-electron chi connectivity index (χ0n) is 82.3. The number of carbonyl (C=O) groups is 6. The van der Waals surface area contributed by atoms with Gasteiger partial charge in [0.1, 0.15) is 40.4 Å². The van der Waals surface area contributed by atoms with Gasteiger partial charge in [0.25, 0.3) is 0 Å². The highest BCUT2D eigenvalue weighted by molar-refractivity contribution is 6.32. The molecule has 9 fully saturated rings. The first-order chi connectivity index (χ1) is 70.3. The van der Waals surface area contributed by atoms with Crippen LogP contribution in [0.4, 0.5) is 28.8 Å². The van der Waals surface area contributed by atoms with E-state index in [1.807, 2.05) is 159 Å². The van der Waals surface area contributed by atoms with Crippen LogP contribution in [0.3, 0.4) is 0 Å². The van der Waals surface area contributed by atoms with E-state index in [0.29, 0.717) is 129 Å². The number of amides is 9. The van der Waals surface area contributed by atoms with Crippen LogP contribution in [0.15, 0.2) is 177 Å². The summed E-state index contributed by atoms with van der Waals surface area (Å²) < 4.78 is 16.3. The number of carbonyl (C=O) groups excluding carboxylic acids is 6. The van der Waals surface area contributed by atoms with Crippen LogP contribution in [-0.4, -0.2) is 214 Å². The molecule has 12 aliphatic heterocycles. The smallest absolute Gasteiger partial charge is 0.413 e. The SMILES string of the molecule is CC(C)(C)COC(=O)N1CCC2C(C#Cc3cccc(Cl)c3)=NOC21.CC(C)(C)NC(=O)N1CCC2C(C#Cc3cccc(Cl)c3)=NOC21.CC(C)NC(=O)N1CCC2C(C#Cc3cccc(Cl)c3)=NOC21.O=C(NC1CCCC1)N1CCC2C(C#Cc3cccc(Cl)c3)=NOC21.O=C(OC1CCCC1)N1CCC2C(C#Cc3cccc(Cl)c3)=NOC21.O=C(OCC1CC1)N1CCC2C(C#Cc3cccc(Cl)c3)=NOC21. The van der Waals surface area contributed by atoms with Crippen molar-refractivity contribution in [2.75, 3.05) is 52.5 Å². The largest absolute Gasteiger partial charge is 0.449 e. The summed E-state index contributed by atoms with van der Waals surface area (Å²) in [6.07, 6.45) is 12.6. The minimum Gasteiger partial charge on any atom is -0.449 e. The lowest BCUT2D eigenvalue weighted by molar-refractivity contribution is -0.0325. The minimum atomic E-state index is -0.420. The Hall–Kier alpha value is -13.1. The highest BCUT2D eigenvalue weighted by Gasteiger charge is 2.52. The van der Waals surface area contributed by atoms with E-state index in [-0.39, 0.29) is 120 Å². The van der Waals surface area contributed by atoms with Crippen LogP contribution in [0.25, 0.3) is 0 Å². The second-order valence-corrected chi connectivity index (χ2v) is 42.7. The highest BCUT2D eigenvalue weighted by Crippen LogP contribution is 2.40. The zero-order valence-corrected chi connectivity index (χ0v) is 86.9. The van der Waals surface area contributed by atoms with Gasteiger partial charge in [-0.3, -0.25) is 29.4 Å². The van der Waals surface area contributed by atoms with Gasteiger partial charge in [-0.2, -0.15) is 0 Å². The first kappa shape index (κ1) is 106. The maximum Gasteiger partial charge on any atom is 0.413 e. The van der Waals surface area contributed by atoms with Crippen LogP contribution in [-0.2, 0) is 43.2 Å². The van der Waals surface area contributed by atoms with Crippen molar-refractivity contribution in [3.05, 3.63) is 209 Å². The molecule has 15 aliphatic rings. The van der Waals surface area contributed by atoms with Crippen LogP contribution in [0.5, 0.6) is 0 Å². The number of urea groups is 3. The number of benzene rings is 6. The Morgan fingerprint density at radius 1 is 0.349 bits per heavy atom. The third-order valence-corrected chi connectivity index (χ3v) is 27.4. The summed E-state index contributed by atoms with van der Waals surface area (Å²) >= 11 is 35.8. The molecule has 12 unspecified atom stereocenters. The average Bonchev–Trinajstić information content (AvgIpc) is 1.66. The Bertz CT molecular complexity index is 6330. The first-order valence-corrected chi connectivity index (χ1v) is 51.7. The van der Waals surface area contributed by atoms with E-state index in [0.717, 1.165) is 123 Å². The lowest BCUT2D eigenvalue weighted by atomic mass is 9.99. The Labute approximate surface area is 881 Å². The van der Waals surface area contributed by atoms with Gasteiger partial charge in [-0.05, 0) is 281 Å². The molecule has 36 heteroatoms. The van der Waals surface area contributed by atoms with E-state index in [9.17, 15) is 28.8 Å². The molecule has 6 aromatic rings. The summed E-state index contributed by atoms with van der Waals surface area (Å²) in [7, 11) is 0. The predicted molar refractivity (Wildman–Crippen MR) is 559 cm³/mol. The number of rotatable bonds is 6. The van der Waals surface area contributed by atoms with Crippen molar-refractivity contribution in [2.24, 2.45) is 77.8 Å². The number of hydrogen-bond acceptors (Lipinski definition) is 21. The van der Waals surface area contributed by atoms with Crippen molar-refractivity contribution < 1.29 is 72.0 Å². The maximum absolute atomic E-state index is 12.5. The lowest BCUT2D eigenvalue weighted by Crippen LogP contribution is -2.50. The Kier molecular flexibility index (Phi) is 35.4. The fourth-order valence-corrected chi connectivity index (χ4v) is 19.5. The summed E-state index contributed by atoms with van der Waals surface area (Å²) in [4.78, 5) is 117. The molecule has 0 radical (unpaired) electrons. The summed E-state index contributed by atoms with van der Waals surface area (Å²) in [6, 6.07) is 44.3. The van der Waals surface area contributed by atoms with Gasteiger partial charge in [0.2, 0.25) is 37.4 Å². The quantitative estimate of drug-likeness (QED) is 0.103. The van der Waals surface area contributed by atoms with Crippen molar-refractivity contribution in [3.63, 3.8) is 0 Å². The molecule has 0 spiro atoms. The molecule has 3 aliphatic carbocycles. The van der Waals surface area contributed by atoms with E-state index in [1.54, 1.807) is 71.9 Å². The maximum atomic E-state index is 12.5. The molecule has 12 heterocycles. The number of fused-ring (bicyclic) bond motifs is 6. The molecule has 3 saturated carbocycles. The molecular weight excluding hydrogens is 1980 g/mol. The van der Waals surface area contributed by atoms with Gasteiger partial charge in [-0.25, -0.2) is 28.8 Å². The van der Waals surface area contributed by atoms with Gasteiger partial charge < -0.3 is 59.2 Å². The number of nitrogens with one attached hydrogen (secondary N) is 3. The molecule has 6 saturated heterocycles. The van der Waals surface area contributed by atoms with E-state index < -0.39 is 12.5 Å². The normalized spacial score (nSPS) is 23.4. The van der Waals surface area contributed by atoms with Gasteiger partial charge >= 0.3 is 36.4 Å². The number of oxime groups is 6. The van der Waals surface area contributed by atoms with Crippen molar-refractivity contribution in [1.82, 2.24) is 45.3 Å². The molecule has 0 aromatic heterocycles. The standard InChI is InChI=1S/C19H20ClN3O2.C19H19ClN2O3.C19H21ClN2O3.C18H20ClN3O2.C18H17ClN2O3.C17H18ClN3O2/c20-14-5-3-4-13(12-14)8-9-17-16-10-11-23(18(16)25-22-17)19(24)21-15-6-1-2-7-15;20-14-5-3-4-13(12-14)8-9-17-16-10-11-22(18(16)25-21-17)19(23)24-15-6-1-2-7-15;1-19(2,3)12-24-18(23)22-10-9-15-16(21-25-17(15)22)8-7-13-5-4-6-14(20)11-13;1-18(2,3)20-17(23)22-10-9-14-15(21-24-16(14)22)8-7-12-5-4-6-13(19)11-12;19-14-3-1-2-12(10-14)6-7-16-15-8-9-21(17(15)24-20-16)18(22)23-11-13-4-5-13;1-11(2)19-17(22)21-9-8-14-15(20-23-16(14)21)7-6-12-4-3-5-13(18)10-12/h3-5,12,15-16,18H,1-2,6-7,10-11H2,(H,21,24);3-5,12,15-16,18H,1-2,6-7,10-11H2;4-6,11,15,17H,9-10,12H2,1-3H3;4-6,11,14,16H,9-10H2,1-3H3,(H,20,23);1-3,10,13,15,17H,4-5,8-9,11H2;3-5,10-11,14,16H,8-9H2,1-2H3,(H,19,22). The molecule has 0 bridgehead atoms. The number of halogens is 6. The van der Waals surface area contributed by atoms with Crippen LogP contribution in [0.2, 0.25) is 30.1 Å². The van der Waals surface area contributed by atoms with Gasteiger partial charge in [-0.1, -0.05) is 206 Å². The summed E-state index contributed by atoms with van der Waals surface area (Å²) in [5.74, 6) is 37.4. The third kappa shape index (κ3) is 28.6. The fourth-order valence-electron chi connectivity index (χ4n) is 18.4. The van der Waals surface area contributed by atoms with Crippen LogP contribution < -0.4 is 16.0 Å². The third-order valence-electron chi connectivity index (χ3n) is 26.0. The Balaban J connectivity index is 0.000000125. The molecule has 146 heavy (non-hydrogen) atoms. The molecule has 6 aromatic carbocycles. The topological polar surface area (TPSA) is 315 Å². The van der Waals surface area contributed by atoms with E-state index in [1.165, 1.54) is 12.8 Å². The lowest BCUT2D eigenvalue weighted by Gasteiger charge is -2.27. The van der Waals surface area contributed by atoms with Crippen molar-refractivity contribution >= 4 is 140 Å². The minimum absolute atomic E-state index is 0.00568. The molecule has 30 nitrogen and oxygen atoms in total. The van der Waals surface area contributed by atoms with E-state index >= 15 is 0 Å². The number of ether oxygens (including phenoxy) is 3. The highest BCUT2D eigenvalue weighted by atomic mass is 35.5. The molecule has 762 valence electrons. The number of nitrogens with zero attached hydrogens (tertiary/aromatic N) is 12. The van der Waals surface area contributed by atoms with Crippen molar-refractivity contribution in [2.45, 2.75) is 219 Å². The second kappa shape index (κ2) is 48.9. The first-order valence-electron chi connectivity index (χ1n) is 49.5. The van der Waals surface area contributed by atoms with E-state index in [2.05, 4.69) is 118 Å². The molecular formula is C110H115Cl6N15O15. The van der Waals surface area contributed by atoms with Gasteiger partial charge in [0.05, 0.1) is 48.7 Å². The Morgan fingerprint density at radius 2 is 0.623 bits per heavy atom. The van der Waals surface area contributed by atoms with E-state index in [4.69, 9.17) is 113 Å². The summed E-state index contributed by atoms with van der Waals surface area (Å²) in [5, 5.41) is 37.3. The summed E-state index contributed by atoms with van der Waals surface area (Å²) in [6.45, 7) is 20.4. The van der Waals surface area contributed by atoms with Gasteiger partial charge in [0.15, 0.2) is 0 Å². The van der Waals surface area contributed by atoms with Crippen LogP contribution >= 0.6 is 69.6 Å². The van der Waals surface area contributed by atoms with Crippen LogP contribution in [0.1, 0.15) is 192 Å².